The van der Waals surface area contributed by atoms with Gasteiger partial charge in [0.1, 0.15) is 11.9 Å². The molecule has 0 saturated carbocycles. The van der Waals surface area contributed by atoms with E-state index >= 15 is 4.39 Å². The van der Waals surface area contributed by atoms with E-state index in [0.29, 0.717) is 16.8 Å². The Kier molecular flexibility index (Phi) is 8.38. The molecule has 1 heterocycles. The van der Waals surface area contributed by atoms with E-state index in [2.05, 4.69) is 20.8 Å². The summed E-state index contributed by atoms with van der Waals surface area (Å²) in [6, 6.07) is 24.5. The number of aromatic nitrogens is 2. The Bertz CT molecular complexity index is 1800. The molecule has 1 aromatic heterocycles. The van der Waals surface area contributed by atoms with Crippen molar-refractivity contribution in [3.05, 3.63) is 125 Å². The topological polar surface area (TPSA) is 134 Å². The molecule has 0 spiro atoms. The molecule has 4 aromatic carbocycles. The Hall–Kier alpha value is -5.64. The zero-order valence-corrected chi connectivity index (χ0v) is 23.3. The molecule has 43 heavy (non-hydrogen) atoms. The Labute approximate surface area is 246 Å². The Morgan fingerprint density at radius 2 is 1.56 bits per heavy atom. The minimum atomic E-state index is -1.32. The van der Waals surface area contributed by atoms with Crippen LogP contribution < -0.4 is 10.6 Å². The predicted octanol–water partition coefficient (Wildman–Crippen LogP) is 5.84. The van der Waals surface area contributed by atoms with E-state index in [0.717, 1.165) is 28.3 Å². The lowest BCUT2D eigenvalue weighted by Crippen LogP contribution is -2.42. The van der Waals surface area contributed by atoms with Gasteiger partial charge >= 0.3 is 17.8 Å². The second-order valence-electron chi connectivity index (χ2n) is 10.1. The molecular formula is C33H27FN4O5. The molecule has 0 bridgehead atoms. The molecule has 2 amide bonds. The molecule has 0 saturated heterocycles. The van der Waals surface area contributed by atoms with Crippen LogP contribution in [0, 0.1) is 19.7 Å². The molecule has 5 rings (SSSR count). The van der Waals surface area contributed by atoms with Gasteiger partial charge in [0.05, 0.1) is 5.56 Å². The molecule has 0 aliphatic carbocycles. The number of benzene rings is 4. The Morgan fingerprint density at radius 1 is 0.860 bits per heavy atom. The van der Waals surface area contributed by atoms with Crippen molar-refractivity contribution in [1.82, 2.24) is 15.5 Å². The molecular weight excluding hydrogens is 551 g/mol. The average molecular weight is 579 g/mol. The van der Waals surface area contributed by atoms with Crippen LogP contribution in [0.5, 0.6) is 0 Å². The fourth-order valence-electron chi connectivity index (χ4n) is 4.38. The highest BCUT2D eigenvalue weighted by atomic mass is 19.1. The predicted molar refractivity (Wildman–Crippen MR) is 158 cm³/mol. The maximum atomic E-state index is 15.1. The number of aliphatic carboxylic acids is 1. The number of carbonyl (C=O) groups excluding carboxylic acids is 2. The molecule has 10 heteroatoms. The molecule has 0 radical (unpaired) electrons. The van der Waals surface area contributed by atoms with Crippen molar-refractivity contribution in [2.45, 2.75) is 26.3 Å². The highest BCUT2D eigenvalue weighted by Gasteiger charge is 2.23. The Balaban J connectivity index is 1.26. The number of aryl methyl sites for hydroxylation is 2. The van der Waals surface area contributed by atoms with Gasteiger partial charge in [0.15, 0.2) is 0 Å². The second-order valence-corrected chi connectivity index (χ2v) is 10.1. The van der Waals surface area contributed by atoms with Gasteiger partial charge in [0.25, 0.3) is 5.91 Å². The number of hydrogen-bond acceptors (Lipinski definition) is 6. The summed E-state index contributed by atoms with van der Waals surface area (Å²) >= 11 is 0. The van der Waals surface area contributed by atoms with Crippen LogP contribution in [0.25, 0.3) is 22.5 Å². The number of rotatable bonds is 9. The van der Waals surface area contributed by atoms with E-state index in [4.69, 9.17) is 4.52 Å². The van der Waals surface area contributed by atoms with Gasteiger partial charge in [-0.25, -0.2) is 9.18 Å². The lowest BCUT2D eigenvalue weighted by molar-refractivity contribution is -0.139. The van der Waals surface area contributed by atoms with E-state index in [9.17, 15) is 19.5 Å². The number of amides is 2. The van der Waals surface area contributed by atoms with Gasteiger partial charge in [-0.15, -0.1) is 0 Å². The smallest absolute Gasteiger partial charge is 0.326 e. The minimum absolute atomic E-state index is 0.0364. The van der Waals surface area contributed by atoms with Crippen molar-refractivity contribution < 1.29 is 28.4 Å². The lowest BCUT2D eigenvalue weighted by atomic mass is 10.0. The van der Waals surface area contributed by atoms with E-state index in [-0.39, 0.29) is 23.7 Å². The first-order valence-electron chi connectivity index (χ1n) is 13.4. The summed E-state index contributed by atoms with van der Waals surface area (Å²) in [5, 5.41) is 18.7. The summed E-state index contributed by atoms with van der Waals surface area (Å²) in [6.45, 7) is 3.90. The number of anilines is 1. The number of hydrogen-bond donors (Lipinski definition) is 3. The van der Waals surface area contributed by atoms with Gasteiger partial charge in [-0.1, -0.05) is 70.9 Å². The number of carbonyl (C=O) groups is 3. The SMILES string of the molecule is Cc1ccc(NC(=O)c2nc(-c3ccc(CC(NC(=O)c4cccc(-c5ccc(C)cc5)c4)C(=O)O)cc3F)no2)cc1. The molecule has 0 fully saturated rings. The Morgan fingerprint density at radius 3 is 2.23 bits per heavy atom. The summed E-state index contributed by atoms with van der Waals surface area (Å²) in [5.41, 5.74) is 4.98. The largest absolute Gasteiger partial charge is 0.480 e. The van der Waals surface area contributed by atoms with Crippen LogP contribution in [0.1, 0.15) is 37.7 Å². The highest BCUT2D eigenvalue weighted by Crippen LogP contribution is 2.23. The summed E-state index contributed by atoms with van der Waals surface area (Å²) < 4.78 is 20.1. The molecule has 1 unspecified atom stereocenters. The minimum Gasteiger partial charge on any atom is -0.480 e. The maximum absolute atomic E-state index is 15.1. The molecule has 216 valence electrons. The normalized spacial score (nSPS) is 11.5. The van der Waals surface area contributed by atoms with Gasteiger partial charge in [0.2, 0.25) is 5.82 Å². The highest BCUT2D eigenvalue weighted by molar-refractivity contribution is 6.01. The van der Waals surface area contributed by atoms with Crippen molar-refractivity contribution in [3.63, 3.8) is 0 Å². The van der Waals surface area contributed by atoms with E-state index < -0.39 is 29.6 Å². The van der Waals surface area contributed by atoms with Gasteiger partial charge in [-0.05, 0) is 66.9 Å². The van der Waals surface area contributed by atoms with Crippen LogP contribution in [-0.2, 0) is 11.2 Å². The van der Waals surface area contributed by atoms with Crippen LogP contribution >= 0.6 is 0 Å². The van der Waals surface area contributed by atoms with Crippen LogP contribution in [0.4, 0.5) is 10.1 Å². The molecule has 0 aliphatic heterocycles. The molecule has 5 aromatic rings. The lowest BCUT2D eigenvalue weighted by Gasteiger charge is -2.15. The third kappa shape index (κ3) is 6.99. The zero-order chi connectivity index (χ0) is 30.5. The quantitative estimate of drug-likeness (QED) is 0.200. The van der Waals surface area contributed by atoms with Crippen LogP contribution in [0.15, 0.2) is 95.5 Å². The van der Waals surface area contributed by atoms with Crippen LogP contribution in [0.3, 0.4) is 0 Å². The first-order valence-corrected chi connectivity index (χ1v) is 13.4. The van der Waals surface area contributed by atoms with E-state index in [1.807, 2.05) is 56.3 Å². The molecule has 9 nitrogen and oxygen atoms in total. The van der Waals surface area contributed by atoms with Crippen LogP contribution in [0.2, 0.25) is 0 Å². The number of halogens is 1. The van der Waals surface area contributed by atoms with Crippen molar-refractivity contribution in [1.29, 1.82) is 0 Å². The standard InChI is InChI=1S/C33H27FN4O5/c1-19-6-11-22(12-7-19)23-4-3-5-24(18-23)30(39)36-28(33(41)42)17-21-10-15-26(27(34)16-21)29-37-32(43-38-29)31(40)35-25-13-8-20(2)9-14-25/h3-16,18,28H,17H2,1-2H3,(H,35,40)(H,36,39)(H,41,42). The fraction of sp³-hybridized carbons (Fsp3) is 0.121. The second kappa shape index (κ2) is 12.5. The first kappa shape index (κ1) is 28.9. The summed E-state index contributed by atoms with van der Waals surface area (Å²) in [6.07, 6.45) is -0.174. The van der Waals surface area contributed by atoms with Gasteiger partial charge in [-0.2, -0.15) is 4.98 Å². The summed E-state index contributed by atoms with van der Waals surface area (Å²) in [7, 11) is 0. The van der Waals surface area contributed by atoms with Crippen molar-refractivity contribution in [3.8, 4) is 22.5 Å². The monoisotopic (exact) mass is 578 g/mol. The van der Waals surface area contributed by atoms with Crippen molar-refractivity contribution >= 4 is 23.5 Å². The van der Waals surface area contributed by atoms with Gasteiger partial charge in [0, 0.05) is 17.7 Å². The van der Waals surface area contributed by atoms with E-state index in [1.54, 1.807) is 30.3 Å². The fourth-order valence-corrected chi connectivity index (χ4v) is 4.38. The number of nitrogens with one attached hydrogen (secondary N) is 2. The van der Waals surface area contributed by atoms with Gasteiger partial charge in [-0.3, -0.25) is 9.59 Å². The summed E-state index contributed by atoms with van der Waals surface area (Å²) in [5.74, 6) is -3.72. The number of carboxylic acid groups (broad SMARTS) is 1. The van der Waals surface area contributed by atoms with E-state index in [1.165, 1.54) is 12.1 Å². The number of carboxylic acids is 1. The first-order chi connectivity index (χ1) is 20.7. The zero-order valence-electron chi connectivity index (χ0n) is 23.3. The van der Waals surface area contributed by atoms with Gasteiger partial charge < -0.3 is 20.3 Å². The van der Waals surface area contributed by atoms with Crippen LogP contribution in [-0.4, -0.2) is 39.1 Å². The van der Waals surface area contributed by atoms with Crippen molar-refractivity contribution in [2.24, 2.45) is 0 Å². The third-order valence-electron chi connectivity index (χ3n) is 6.76. The molecule has 3 N–H and O–H groups in total. The van der Waals surface area contributed by atoms with Crippen molar-refractivity contribution in [2.75, 3.05) is 5.32 Å². The number of nitrogens with zero attached hydrogens (tertiary/aromatic N) is 2. The summed E-state index contributed by atoms with van der Waals surface area (Å²) in [4.78, 5) is 41.4. The average Bonchev–Trinajstić information content (AvgIpc) is 3.49. The maximum Gasteiger partial charge on any atom is 0.326 e. The molecule has 1 atom stereocenters. The molecule has 0 aliphatic rings. The third-order valence-corrected chi connectivity index (χ3v) is 6.76.